The van der Waals surface area contributed by atoms with Crippen LogP contribution in [0.5, 0.6) is 11.5 Å². The third kappa shape index (κ3) is 2.96. The van der Waals surface area contributed by atoms with Crippen molar-refractivity contribution in [2.24, 2.45) is 0 Å². The van der Waals surface area contributed by atoms with Gasteiger partial charge in [0.05, 0.1) is 0 Å². The van der Waals surface area contributed by atoms with Crippen LogP contribution in [-0.2, 0) is 0 Å². The highest BCUT2D eigenvalue weighted by Crippen LogP contribution is 2.37. The van der Waals surface area contributed by atoms with Gasteiger partial charge in [-0.15, -0.1) is 0 Å². The summed E-state index contributed by atoms with van der Waals surface area (Å²) in [5.41, 5.74) is 3.20. The first-order chi connectivity index (χ1) is 10.8. The van der Waals surface area contributed by atoms with E-state index < -0.39 is 0 Å². The van der Waals surface area contributed by atoms with E-state index in [2.05, 4.69) is 23.1 Å². The molecule has 109 valence electrons. The average Bonchev–Trinajstić information content (AvgIpc) is 2.56. The molecule has 0 aliphatic carbocycles. The van der Waals surface area contributed by atoms with E-state index in [0.29, 0.717) is 0 Å². The van der Waals surface area contributed by atoms with Gasteiger partial charge in [-0.25, -0.2) is 0 Å². The molecule has 0 atom stereocenters. The van der Waals surface area contributed by atoms with E-state index in [9.17, 15) is 0 Å². The lowest BCUT2D eigenvalue weighted by molar-refractivity contribution is 0.484. The monoisotopic (exact) mass is 288 g/mol. The Morgan fingerprint density at radius 1 is 0.818 bits per heavy atom. The molecule has 1 radical (unpaired) electrons. The Kier molecular flexibility index (Phi) is 4.10. The Balaban J connectivity index is 2.06. The van der Waals surface area contributed by atoms with Crippen LogP contribution in [0.25, 0.3) is 11.1 Å². The van der Waals surface area contributed by atoms with E-state index in [1.54, 1.807) is 0 Å². The highest BCUT2D eigenvalue weighted by atomic mass is 16.5. The maximum absolute atomic E-state index is 6.06. The third-order valence-corrected chi connectivity index (χ3v) is 3.44. The largest absolute Gasteiger partial charge is 0.457 e. The molecule has 0 N–H and O–H groups in total. The highest BCUT2D eigenvalue weighted by Gasteiger charge is 2.12. The molecular formula is C20H18NO. The molecule has 0 bridgehead atoms. The lowest BCUT2D eigenvalue weighted by atomic mass is 10.0. The molecule has 0 aliphatic heterocycles. The molecule has 0 spiro atoms. The van der Waals surface area contributed by atoms with Crippen molar-refractivity contribution in [1.82, 2.24) is 0 Å². The number of hydrogen-bond acceptors (Lipinski definition) is 2. The molecule has 2 nitrogen and oxygen atoms in total. The minimum atomic E-state index is 0.831. The Labute approximate surface area is 131 Å². The van der Waals surface area contributed by atoms with Crippen molar-refractivity contribution in [3.63, 3.8) is 0 Å². The fraction of sp³-hybridized carbons (Fsp3) is 0.100. The van der Waals surface area contributed by atoms with Crippen LogP contribution in [0.15, 0.2) is 72.8 Å². The minimum Gasteiger partial charge on any atom is -0.457 e. The lowest BCUT2D eigenvalue weighted by Gasteiger charge is -2.19. The van der Waals surface area contributed by atoms with Crippen LogP contribution in [0.4, 0.5) is 5.69 Å². The van der Waals surface area contributed by atoms with Crippen molar-refractivity contribution in [2.45, 2.75) is 0 Å². The molecule has 2 heteroatoms. The summed E-state index contributed by atoms with van der Waals surface area (Å²) in [5, 5.41) is 0. The fourth-order valence-corrected chi connectivity index (χ4v) is 2.39. The average molecular weight is 288 g/mol. The maximum Gasteiger partial charge on any atom is 0.135 e. The molecule has 22 heavy (non-hydrogen) atoms. The number of nitrogens with zero attached hydrogens (tertiary/aromatic N) is 1. The van der Waals surface area contributed by atoms with Crippen molar-refractivity contribution in [3.05, 3.63) is 78.9 Å². The number of para-hydroxylation sites is 2. The zero-order valence-corrected chi connectivity index (χ0v) is 12.8. The molecular weight excluding hydrogens is 270 g/mol. The Morgan fingerprint density at radius 3 is 2.32 bits per heavy atom. The zero-order chi connectivity index (χ0) is 15.4. The van der Waals surface area contributed by atoms with Crippen molar-refractivity contribution >= 4 is 5.69 Å². The number of anilines is 1. The zero-order valence-electron chi connectivity index (χ0n) is 12.8. The first-order valence-corrected chi connectivity index (χ1v) is 7.26. The summed E-state index contributed by atoms with van der Waals surface area (Å²) in [5.74, 6) is 1.66. The summed E-state index contributed by atoms with van der Waals surface area (Å²) in [7, 11) is 4.07. The van der Waals surface area contributed by atoms with Gasteiger partial charge < -0.3 is 9.64 Å². The predicted molar refractivity (Wildman–Crippen MR) is 91.6 cm³/mol. The van der Waals surface area contributed by atoms with Crippen LogP contribution in [0.2, 0.25) is 0 Å². The quantitative estimate of drug-likeness (QED) is 0.669. The smallest absolute Gasteiger partial charge is 0.135 e. The summed E-state index contributed by atoms with van der Waals surface area (Å²) < 4.78 is 6.06. The van der Waals surface area contributed by atoms with Crippen LogP contribution in [0.3, 0.4) is 0 Å². The molecule has 0 heterocycles. The molecule has 0 aromatic heterocycles. The van der Waals surface area contributed by atoms with E-state index in [1.807, 2.05) is 74.8 Å². The topological polar surface area (TPSA) is 12.5 Å². The minimum absolute atomic E-state index is 0.831. The summed E-state index contributed by atoms with van der Waals surface area (Å²) in [6, 6.07) is 27.3. The van der Waals surface area contributed by atoms with Gasteiger partial charge in [0.1, 0.15) is 11.5 Å². The normalized spacial score (nSPS) is 10.3. The number of rotatable bonds is 4. The summed E-state index contributed by atoms with van der Waals surface area (Å²) >= 11 is 0. The van der Waals surface area contributed by atoms with Crippen LogP contribution in [-0.4, -0.2) is 14.1 Å². The van der Waals surface area contributed by atoms with Crippen LogP contribution < -0.4 is 9.64 Å². The molecule has 3 aromatic carbocycles. The Hall–Kier alpha value is -2.74. The molecule has 0 unspecified atom stereocenters. The molecule has 0 saturated carbocycles. The fourth-order valence-electron chi connectivity index (χ4n) is 2.39. The van der Waals surface area contributed by atoms with Gasteiger partial charge in [-0.05, 0) is 30.3 Å². The molecule has 0 amide bonds. The Morgan fingerprint density at radius 2 is 1.55 bits per heavy atom. The van der Waals surface area contributed by atoms with Crippen molar-refractivity contribution < 1.29 is 4.74 Å². The molecule has 3 rings (SSSR count). The van der Waals surface area contributed by atoms with Crippen LogP contribution in [0, 0.1) is 6.07 Å². The maximum atomic E-state index is 6.06. The summed E-state index contributed by atoms with van der Waals surface area (Å²) in [6.07, 6.45) is 0. The third-order valence-electron chi connectivity index (χ3n) is 3.44. The molecule has 0 fully saturated rings. The van der Waals surface area contributed by atoms with Gasteiger partial charge in [-0.1, -0.05) is 48.5 Å². The van der Waals surface area contributed by atoms with Gasteiger partial charge in [0.2, 0.25) is 0 Å². The van der Waals surface area contributed by atoms with Crippen molar-refractivity contribution in [1.29, 1.82) is 0 Å². The number of hydrogen-bond donors (Lipinski definition) is 0. The van der Waals surface area contributed by atoms with Gasteiger partial charge in [-0.2, -0.15) is 0 Å². The second-order valence-corrected chi connectivity index (χ2v) is 5.24. The standard InChI is InChI=1S/C20H18NO/c1-21(2)19-14-8-6-12-17(19)18-13-7-9-15-20(18)22-16-10-4-3-5-11-16/h3-11,13-15H,1-2H3. The summed E-state index contributed by atoms with van der Waals surface area (Å²) in [4.78, 5) is 2.09. The molecule has 3 aromatic rings. The predicted octanol–water partition coefficient (Wildman–Crippen LogP) is 5.01. The van der Waals surface area contributed by atoms with E-state index in [1.165, 1.54) is 0 Å². The second kappa shape index (κ2) is 6.35. The van der Waals surface area contributed by atoms with Crippen LogP contribution >= 0.6 is 0 Å². The van der Waals surface area contributed by atoms with E-state index in [4.69, 9.17) is 4.74 Å². The first kappa shape index (κ1) is 14.2. The van der Waals surface area contributed by atoms with Crippen LogP contribution in [0.1, 0.15) is 0 Å². The van der Waals surface area contributed by atoms with Gasteiger partial charge in [-0.3, -0.25) is 0 Å². The Bertz CT molecular complexity index is 750. The SMILES string of the molecule is CN(C)c1ccc[c]c1-c1ccccc1Oc1ccccc1. The van der Waals surface area contributed by atoms with E-state index >= 15 is 0 Å². The molecule has 0 aliphatic rings. The van der Waals surface area contributed by atoms with Gasteiger partial charge in [0.15, 0.2) is 0 Å². The van der Waals surface area contributed by atoms with Gasteiger partial charge in [0, 0.05) is 30.9 Å². The van der Waals surface area contributed by atoms with Gasteiger partial charge in [0.25, 0.3) is 0 Å². The number of benzene rings is 3. The van der Waals surface area contributed by atoms with Crippen molar-refractivity contribution in [2.75, 3.05) is 19.0 Å². The second-order valence-electron chi connectivity index (χ2n) is 5.24. The van der Waals surface area contributed by atoms with E-state index in [0.717, 1.165) is 28.3 Å². The highest BCUT2D eigenvalue weighted by molar-refractivity contribution is 5.81. The van der Waals surface area contributed by atoms with Gasteiger partial charge >= 0.3 is 0 Å². The van der Waals surface area contributed by atoms with Crippen molar-refractivity contribution in [3.8, 4) is 22.6 Å². The molecule has 0 saturated heterocycles. The van der Waals surface area contributed by atoms with E-state index in [-0.39, 0.29) is 0 Å². The summed E-state index contributed by atoms with van der Waals surface area (Å²) in [6.45, 7) is 0. The lowest BCUT2D eigenvalue weighted by Crippen LogP contribution is -2.10. The first-order valence-electron chi connectivity index (χ1n) is 7.26. The number of ether oxygens (including phenoxy) is 1.